The number of non-ortho nitro benzene ring substituents is 1. The first kappa shape index (κ1) is 15.2. The van der Waals surface area contributed by atoms with E-state index in [1.54, 1.807) is 36.4 Å². The molecule has 2 aromatic carbocycles. The number of carbonyl (C=O) groups excluding carboxylic acids is 2. The molecule has 2 aromatic rings. The van der Waals surface area contributed by atoms with E-state index in [1.165, 1.54) is 30.0 Å². The number of hydrogen-bond acceptors (Lipinski definition) is 5. The first-order valence-corrected chi connectivity index (χ1v) is 7.81. The van der Waals surface area contributed by atoms with Gasteiger partial charge in [-0.1, -0.05) is 36.4 Å². The van der Waals surface area contributed by atoms with Crippen LogP contribution in [0.1, 0.15) is 26.3 Å². The summed E-state index contributed by atoms with van der Waals surface area (Å²) >= 11 is 1.26. The van der Waals surface area contributed by atoms with Gasteiger partial charge < -0.3 is 0 Å². The Kier molecular flexibility index (Phi) is 4.08. The van der Waals surface area contributed by atoms with Crippen LogP contribution >= 0.6 is 11.8 Å². The highest BCUT2D eigenvalue weighted by molar-refractivity contribution is 8.03. The molecule has 114 valence electrons. The Morgan fingerprint density at radius 3 is 2.26 bits per heavy atom. The average Bonchev–Trinajstić information content (AvgIpc) is 2.57. The van der Waals surface area contributed by atoms with Crippen molar-refractivity contribution < 1.29 is 14.5 Å². The number of hydrogen-bond donors (Lipinski definition) is 0. The van der Waals surface area contributed by atoms with E-state index in [0.717, 1.165) is 5.56 Å². The molecular weight excluding hydrogens is 314 g/mol. The summed E-state index contributed by atoms with van der Waals surface area (Å²) in [6.45, 7) is 0. The van der Waals surface area contributed by atoms with Crippen molar-refractivity contribution in [3.8, 4) is 0 Å². The molecule has 0 saturated carbocycles. The molecule has 0 aromatic heterocycles. The minimum Gasteiger partial charge on any atom is -0.289 e. The van der Waals surface area contributed by atoms with E-state index >= 15 is 0 Å². The molecule has 1 aliphatic carbocycles. The van der Waals surface area contributed by atoms with Crippen molar-refractivity contribution in [2.24, 2.45) is 0 Å². The number of carbonyl (C=O) groups is 2. The molecule has 0 amide bonds. The van der Waals surface area contributed by atoms with Crippen LogP contribution in [-0.4, -0.2) is 16.5 Å². The number of allylic oxidation sites excluding steroid dienone is 2. The summed E-state index contributed by atoms with van der Waals surface area (Å²) < 4.78 is 0. The maximum atomic E-state index is 12.4. The van der Waals surface area contributed by atoms with Gasteiger partial charge in [0, 0.05) is 35.1 Å². The number of nitro benzene ring substituents is 1. The maximum Gasteiger partial charge on any atom is 0.269 e. The van der Waals surface area contributed by atoms with E-state index in [0.29, 0.717) is 21.8 Å². The van der Waals surface area contributed by atoms with E-state index in [9.17, 15) is 19.7 Å². The van der Waals surface area contributed by atoms with Crippen LogP contribution in [0.25, 0.3) is 0 Å². The van der Waals surface area contributed by atoms with Gasteiger partial charge in [0.15, 0.2) is 11.6 Å². The zero-order valence-electron chi connectivity index (χ0n) is 11.9. The number of fused-ring (bicyclic) bond motifs is 1. The highest BCUT2D eigenvalue weighted by Crippen LogP contribution is 2.30. The molecule has 1 aliphatic rings. The smallest absolute Gasteiger partial charge is 0.269 e. The van der Waals surface area contributed by atoms with E-state index in [4.69, 9.17) is 0 Å². The lowest BCUT2D eigenvalue weighted by Gasteiger charge is -2.14. The lowest BCUT2D eigenvalue weighted by atomic mass is 9.95. The highest BCUT2D eigenvalue weighted by Gasteiger charge is 2.25. The van der Waals surface area contributed by atoms with Gasteiger partial charge in [-0.3, -0.25) is 19.7 Å². The van der Waals surface area contributed by atoms with Gasteiger partial charge in [-0.15, -0.1) is 11.8 Å². The molecule has 0 aliphatic heterocycles. The Labute approximate surface area is 136 Å². The number of nitro groups is 1. The second-order valence-electron chi connectivity index (χ2n) is 4.96. The molecule has 6 heteroatoms. The summed E-state index contributed by atoms with van der Waals surface area (Å²) in [6.07, 6.45) is 1.36. The third kappa shape index (κ3) is 3.07. The summed E-state index contributed by atoms with van der Waals surface area (Å²) in [5.41, 5.74) is 1.72. The van der Waals surface area contributed by atoms with Crippen LogP contribution in [0.3, 0.4) is 0 Å². The van der Waals surface area contributed by atoms with Crippen molar-refractivity contribution in [3.05, 3.63) is 86.3 Å². The Balaban J connectivity index is 1.75. The first-order valence-electron chi connectivity index (χ1n) is 6.82. The van der Waals surface area contributed by atoms with Crippen LogP contribution in [0, 0.1) is 10.1 Å². The lowest BCUT2D eigenvalue weighted by Crippen LogP contribution is -2.15. The number of ketones is 2. The highest BCUT2D eigenvalue weighted by atomic mass is 32.2. The van der Waals surface area contributed by atoms with Gasteiger partial charge in [-0.25, -0.2) is 0 Å². The molecule has 0 fully saturated rings. The Bertz CT molecular complexity index is 840. The minimum atomic E-state index is -0.459. The quantitative estimate of drug-likeness (QED) is 0.631. The van der Waals surface area contributed by atoms with Crippen molar-refractivity contribution in [1.29, 1.82) is 0 Å². The number of thioether (sulfide) groups is 1. The predicted molar refractivity (Wildman–Crippen MR) is 87.6 cm³/mol. The summed E-state index contributed by atoms with van der Waals surface area (Å²) in [5, 5.41) is 10.6. The molecule has 0 N–H and O–H groups in total. The summed E-state index contributed by atoms with van der Waals surface area (Å²) in [7, 11) is 0. The summed E-state index contributed by atoms with van der Waals surface area (Å²) in [6, 6.07) is 12.9. The summed E-state index contributed by atoms with van der Waals surface area (Å²) in [4.78, 5) is 35.0. The molecule has 3 rings (SSSR count). The third-order valence-electron chi connectivity index (χ3n) is 3.46. The van der Waals surface area contributed by atoms with Crippen LogP contribution in [0.5, 0.6) is 0 Å². The van der Waals surface area contributed by atoms with Gasteiger partial charge in [0.25, 0.3) is 5.69 Å². The van der Waals surface area contributed by atoms with Crippen molar-refractivity contribution in [3.63, 3.8) is 0 Å². The van der Waals surface area contributed by atoms with E-state index in [1.807, 2.05) is 0 Å². The Hall–Kier alpha value is -2.73. The van der Waals surface area contributed by atoms with Crippen molar-refractivity contribution in [2.75, 3.05) is 0 Å². The van der Waals surface area contributed by atoms with Crippen molar-refractivity contribution in [2.45, 2.75) is 5.75 Å². The normalized spacial score (nSPS) is 13.5. The number of Topliss-reactive ketones (excluding diaryl/α,β-unsaturated/α-hetero) is 1. The van der Waals surface area contributed by atoms with Crippen molar-refractivity contribution in [1.82, 2.24) is 0 Å². The predicted octanol–water partition coefficient (Wildman–Crippen LogP) is 3.79. The van der Waals surface area contributed by atoms with Gasteiger partial charge in [0.1, 0.15) is 0 Å². The molecule has 0 heterocycles. The molecule has 0 bridgehead atoms. The SMILES string of the molecule is O=C1C=C(SCc2ccc([N+](=O)[O-])cc2)C(=O)c2ccccc21. The summed E-state index contributed by atoms with van der Waals surface area (Å²) in [5.74, 6) is 0.129. The minimum absolute atomic E-state index is 0.0239. The van der Waals surface area contributed by atoms with E-state index < -0.39 is 4.92 Å². The maximum absolute atomic E-state index is 12.4. The van der Waals surface area contributed by atoms with Crippen LogP contribution < -0.4 is 0 Å². The topological polar surface area (TPSA) is 77.3 Å². The molecule has 0 spiro atoms. The standard InChI is InChI=1S/C17H11NO4S/c19-15-9-16(17(20)14-4-2-1-3-13(14)15)23-10-11-5-7-12(8-6-11)18(21)22/h1-9H,10H2. The number of nitrogens with zero attached hydrogens (tertiary/aromatic N) is 1. The average molecular weight is 325 g/mol. The van der Waals surface area contributed by atoms with Crippen LogP contribution in [0.4, 0.5) is 5.69 Å². The van der Waals surface area contributed by atoms with Crippen LogP contribution in [-0.2, 0) is 5.75 Å². The van der Waals surface area contributed by atoms with Gasteiger partial charge >= 0.3 is 0 Å². The zero-order chi connectivity index (χ0) is 16.4. The van der Waals surface area contributed by atoms with Crippen LogP contribution in [0.2, 0.25) is 0 Å². The first-order chi connectivity index (χ1) is 11.1. The largest absolute Gasteiger partial charge is 0.289 e. The Morgan fingerprint density at radius 2 is 1.61 bits per heavy atom. The van der Waals surface area contributed by atoms with Gasteiger partial charge in [-0.05, 0) is 5.56 Å². The molecule has 5 nitrogen and oxygen atoms in total. The van der Waals surface area contributed by atoms with E-state index in [2.05, 4.69) is 0 Å². The van der Waals surface area contributed by atoms with E-state index in [-0.39, 0.29) is 17.3 Å². The monoisotopic (exact) mass is 325 g/mol. The zero-order valence-corrected chi connectivity index (χ0v) is 12.7. The lowest BCUT2D eigenvalue weighted by molar-refractivity contribution is -0.384. The van der Waals surface area contributed by atoms with Crippen LogP contribution in [0.15, 0.2) is 59.5 Å². The molecule has 0 atom stereocenters. The molecule has 0 radical (unpaired) electrons. The second-order valence-corrected chi connectivity index (χ2v) is 5.98. The second kappa shape index (κ2) is 6.18. The van der Waals surface area contributed by atoms with Gasteiger partial charge in [0.05, 0.1) is 9.83 Å². The molecule has 23 heavy (non-hydrogen) atoms. The number of benzene rings is 2. The third-order valence-corrected chi connectivity index (χ3v) is 4.56. The van der Waals surface area contributed by atoms with Crippen molar-refractivity contribution >= 4 is 29.0 Å². The fourth-order valence-corrected chi connectivity index (χ4v) is 3.22. The number of rotatable bonds is 4. The Morgan fingerprint density at radius 1 is 0.957 bits per heavy atom. The molecule has 0 unspecified atom stereocenters. The molecule has 0 saturated heterocycles. The van der Waals surface area contributed by atoms with Gasteiger partial charge in [0.2, 0.25) is 0 Å². The molecular formula is C17H11NO4S. The van der Waals surface area contributed by atoms with Gasteiger partial charge in [-0.2, -0.15) is 0 Å². The fourth-order valence-electron chi connectivity index (χ4n) is 2.27. The fraction of sp³-hybridized carbons (Fsp3) is 0.0588.